The summed E-state index contributed by atoms with van der Waals surface area (Å²) in [5.41, 5.74) is 2.89. The minimum absolute atomic E-state index is 0.0239. The van der Waals surface area contributed by atoms with Gasteiger partial charge in [0.25, 0.3) is 17.1 Å². The highest BCUT2D eigenvalue weighted by molar-refractivity contribution is 14.1. The van der Waals surface area contributed by atoms with Gasteiger partial charge < -0.3 is 14.2 Å². The van der Waals surface area contributed by atoms with Crippen molar-refractivity contribution < 1.29 is 28.6 Å². The zero-order valence-electron chi connectivity index (χ0n) is 23.6. The lowest BCUT2D eigenvalue weighted by molar-refractivity contribution is -0.0975. The van der Waals surface area contributed by atoms with Gasteiger partial charge in [0.05, 0.1) is 11.1 Å². The Morgan fingerprint density at radius 2 is 1.46 bits per heavy atom. The lowest BCUT2D eigenvalue weighted by Gasteiger charge is -2.35. The molecule has 0 radical (unpaired) electrons. The number of terminal acetylenes is 1. The minimum atomic E-state index is -2.50. The number of hydrogen-bond acceptors (Lipinski definition) is 9. The highest BCUT2D eigenvalue weighted by atomic mass is 127. The molecule has 46 heavy (non-hydrogen) atoms. The topological polar surface area (TPSA) is 172 Å². The maximum atomic E-state index is 14.0. The number of ether oxygens (including phenoxy) is 3. The van der Waals surface area contributed by atoms with Gasteiger partial charge in [-0.1, -0.05) is 82.3 Å². The molecule has 0 bridgehead atoms. The van der Waals surface area contributed by atoms with Gasteiger partial charge >= 0.3 is 17.6 Å². The molecule has 5 rings (SSSR count). The fraction of sp³-hybridized carbons (Fsp3) is 0.156. The van der Waals surface area contributed by atoms with Crippen molar-refractivity contribution in [3.05, 3.63) is 151 Å². The summed E-state index contributed by atoms with van der Waals surface area (Å²) in [4.78, 5) is 70.1. The molecule has 1 unspecified atom stereocenters. The van der Waals surface area contributed by atoms with Crippen LogP contribution in [0.4, 0.5) is 0 Å². The molecule has 1 aliphatic rings. The Bertz CT molecular complexity index is 2010. The van der Waals surface area contributed by atoms with Crippen LogP contribution in [0, 0.1) is 12.3 Å². The SMILES string of the molecule is C#C[C@@]1(OC(=O)c2ccccc2)[C@H](OC(=O)c2ccccc2)C(CI)(N=[N+]=[N-])O[C@H]1n1ccc(=O)n(C(=O)c2ccccc2)c1=O. The molecule has 0 spiro atoms. The molecule has 4 aromatic rings. The van der Waals surface area contributed by atoms with E-state index in [1.807, 2.05) is 0 Å². The molecular weight excluding hydrogens is 709 g/mol. The molecular formula is C32H22IN5O8. The van der Waals surface area contributed by atoms with Crippen LogP contribution in [0.2, 0.25) is 0 Å². The third kappa shape index (κ3) is 5.70. The van der Waals surface area contributed by atoms with Crippen molar-refractivity contribution in [1.29, 1.82) is 0 Å². The smallest absolute Gasteiger partial charge is 0.340 e. The number of carbonyl (C=O) groups excluding carboxylic acids is 3. The Morgan fingerprint density at radius 1 is 0.913 bits per heavy atom. The van der Waals surface area contributed by atoms with Crippen molar-refractivity contribution in [2.75, 3.05) is 4.43 Å². The van der Waals surface area contributed by atoms with Gasteiger partial charge in [0.1, 0.15) is 0 Å². The van der Waals surface area contributed by atoms with E-state index < -0.39 is 52.8 Å². The van der Waals surface area contributed by atoms with Crippen LogP contribution in [0.25, 0.3) is 10.4 Å². The molecule has 0 aliphatic carbocycles. The average molecular weight is 731 g/mol. The van der Waals surface area contributed by atoms with Gasteiger partial charge in [-0.05, 0) is 47.8 Å². The number of nitrogens with zero attached hydrogens (tertiary/aromatic N) is 5. The lowest BCUT2D eigenvalue weighted by atomic mass is 9.91. The molecule has 0 N–H and O–H groups in total. The van der Waals surface area contributed by atoms with Crippen molar-refractivity contribution in [2.24, 2.45) is 5.11 Å². The second kappa shape index (κ2) is 13.2. The van der Waals surface area contributed by atoms with Gasteiger partial charge in [-0.15, -0.1) is 6.42 Å². The van der Waals surface area contributed by atoms with Crippen LogP contribution in [0.3, 0.4) is 0 Å². The Balaban J connectivity index is 1.74. The number of alkyl halides is 1. The molecule has 0 saturated carbocycles. The Labute approximate surface area is 274 Å². The molecule has 1 saturated heterocycles. The first-order chi connectivity index (χ1) is 22.2. The lowest BCUT2D eigenvalue weighted by Crippen LogP contribution is -2.56. The summed E-state index contributed by atoms with van der Waals surface area (Å²) >= 11 is 1.80. The Kier molecular flexibility index (Phi) is 9.19. The predicted molar refractivity (Wildman–Crippen MR) is 171 cm³/mol. The third-order valence-electron chi connectivity index (χ3n) is 7.11. The molecule has 4 atom stereocenters. The fourth-order valence-corrected chi connectivity index (χ4v) is 5.65. The standard InChI is InChI=1S/C32H22IN5O8/c1-2-31(45-27(42)23-16-10-5-11-17-23)28(44-26(41)22-14-8-4-9-15-22)32(20-33,35-36-34)46-29(31)37-19-18-24(39)38(30(37)43)25(40)21-12-6-3-7-13-21/h1,3-19,28-29H,20H2/t28-,29+,31+,32?/m0/s1. The van der Waals surface area contributed by atoms with Crippen LogP contribution in [-0.2, 0) is 14.2 Å². The van der Waals surface area contributed by atoms with Crippen LogP contribution >= 0.6 is 22.6 Å². The fourth-order valence-electron chi connectivity index (χ4n) is 4.91. The van der Waals surface area contributed by atoms with E-state index in [1.54, 1.807) is 77.2 Å². The van der Waals surface area contributed by atoms with Gasteiger partial charge in [-0.3, -0.25) is 14.2 Å². The van der Waals surface area contributed by atoms with E-state index in [1.165, 1.54) is 36.4 Å². The number of azide groups is 1. The van der Waals surface area contributed by atoms with E-state index in [2.05, 4.69) is 15.9 Å². The van der Waals surface area contributed by atoms with E-state index in [9.17, 15) is 29.5 Å². The zero-order chi connectivity index (χ0) is 32.9. The molecule has 13 nitrogen and oxygen atoms in total. The van der Waals surface area contributed by atoms with Crippen LogP contribution in [0.15, 0.2) is 118 Å². The highest BCUT2D eigenvalue weighted by Gasteiger charge is 2.69. The molecule has 0 amide bonds. The van der Waals surface area contributed by atoms with E-state index in [-0.39, 0.29) is 21.1 Å². The number of hydrogen-bond donors (Lipinski definition) is 0. The quantitative estimate of drug-likeness (QED) is 0.0496. The number of aromatic nitrogens is 2. The van der Waals surface area contributed by atoms with E-state index >= 15 is 0 Å². The Morgan fingerprint density at radius 3 is 1.98 bits per heavy atom. The first-order valence-corrected chi connectivity index (χ1v) is 15.0. The van der Waals surface area contributed by atoms with Crippen LogP contribution in [-0.4, -0.2) is 48.8 Å². The van der Waals surface area contributed by atoms with Crippen LogP contribution in [0.1, 0.15) is 37.3 Å². The van der Waals surface area contributed by atoms with Crippen molar-refractivity contribution >= 4 is 40.4 Å². The van der Waals surface area contributed by atoms with Crippen LogP contribution < -0.4 is 11.2 Å². The normalized spacial score (nSPS) is 21.7. The summed E-state index contributed by atoms with van der Waals surface area (Å²) < 4.78 is 18.9. The molecule has 2 heterocycles. The molecule has 3 aromatic carbocycles. The van der Waals surface area contributed by atoms with Gasteiger partial charge in [0.15, 0.2) is 18.1 Å². The number of halogens is 1. The number of esters is 2. The zero-order valence-corrected chi connectivity index (χ0v) is 25.8. The van der Waals surface area contributed by atoms with Crippen molar-refractivity contribution in [3.63, 3.8) is 0 Å². The monoisotopic (exact) mass is 731 g/mol. The van der Waals surface area contributed by atoms with Crippen molar-refractivity contribution in [1.82, 2.24) is 9.13 Å². The minimum Gasteiger partial charge on any atom is -0.450 e. The maximum absolute atomic E-state index is 14.0. The summed E-state index contributed by atoms with van der Waals surface area (Å²) in [6.45, 7) is 0. The van der Waals surface area contributed by atoms with Gasteiger partial charge in [-0.25, -0.2) is 14.4 Å². The Hall–Kier alpha value is -5.49. The van der Waals surface area contributed by atoms with Crippen LogP contribution in [0.5, 0.6) is 0 Å². The molecule has 230 valence electrons. The highest BCUT2D eigenvalue weighted by Crippen LogP contribution is 2.50. The molecule has 1 aromatic heterocycles. The summed E-state index contributed by atoms with van der Waals surface area (Å²) in [6, 6.07) is 23.9. The molecule has 1 fully saturated rings. The summed E-state index contributed by atoms with van der Waals surface area (Å²) in [7, 11) is 0. The van der Waals surface area contributed by atoms with E-state index in [0.29, 0.717) is 4.57 Å². The molecule has 1 aliphatic heterocycles. The number of carbonyl (C=O) groups is 3. The van der Waals surface area contributed by atoms with Gasteiger partial charge in [-0.2, -0.15) is 4.57 Å². The van der Waals surface area contributed by atoms with Gasteiger partial charge in [0, 0.05) is 27.2 Å². The number of rotatable bonds is 8. The largest absolute Gasteiger partial charge is 0.450 e. The average Bonchev–Trinajstić information content (AvgIpc) is 3.34. The van der Waals surface area contributed by atoms with Crippen molar-refractivity contribution in [2.45, 2.75) is 23.7 Å². The third-order valence-corrected chi connectivity index (χ3v) is 8.20. The van der Waals surface area contributed by atoms with E-state index in [0.717, 1.165) is 16.8 Å². The maximum Gasteiger partial charge on any atom is 0.340 e. The second-order valence-corrected chi connectivity index (χ2v) is 10.6. The first kappa shape index (κ1) is 31.9. The van der Waals surface area contributed by atoms with Crippen molar-refractivity contribution in [3.8, 4) is 12.3 Å². The van der Waals surface area contributed by atoms with Gasteiger partial charge in [0.2, 0.25) is 0 Å². The second-order valence-electron chi connectivity index (χ2n) is 9.83. The first-order valence-electron chi connectivity index (χ1n) is 13.5. The number of benzene rings is 3. The summed E-state index contributed by atoms with van der Waals surface area (Å²) in [5, 5.41) is 3.79. The van der Waals surface area contributed by atoms with E-state index in [4.69, 9.17) is 20.6 Å². The summed E-state index contributed by atoms with van der Waals surface area (Å²) in [6.07, 6.45) is 3.34. The summed E-state index contributed by atoms with van der Waals surface area (Å²) in [5.74, 6) is -0.562. The predicted octanol–water partition coefficient (Wildman–Crippen LogP) is 4.12. The molecule has 14 heteroatoms.